The number of halogens is 3. The van der Waals surface area contributed by atoms with E-state index < -0.39 is 23.8 Å². The second kappa shape index (κ2) is 7.90. The first-order valence-corrected chi connectivity index (χ1v) is 9.54. The summed E-state index contributed by atoms with van der Waals surface area (Å²) in [5.74, 6) is 0.341. The zero-order valence-electron chi connectivity index (χ0n) is 16.8. The molecule has 160 valence electrons. The number of nitrogens with zero attached hydrogens (tertiary/aromatic N) is 3. The van der Waals surface area contributed by atoms with Gasteiger partial charge in [-0.15, -0.1) is 0 Å². The fraction of sp³-hybridized carbons (Fsp3) is 0.227. The molecule has 2 amide bonds. The number of nitrogens with one attached hydrogen (secondary N) is 1. The maximum Gasteiger partial charge on any atom is 0.416 e. The number of alkyl halides is 3. The Morgan fingerprint density at radius 3 is 2.65 bits per heavy atom. The summed E-state index contributed by atoms with van der Waals surface area (Å²) in [6.45, 7) is 3.13. The molecule has 0 saturated heterocycles. The van der Waals surface area contributed by atoms with Crippen LogP contribution in [0.2, 0.25) is 0 Å². The summed E-state index contributed by atoms with van der Waals surface area (Å²) in [5, 5.41) is 0. The molecular weight excluding hydrogens is 409 g/mol. The number of hydrogen-bond acceptors (Lipinski definition) is 4. The van der Waals surface area contributed by atoms with E-state index in [4.69, 9.17) is 4.84 Å². The minimum Gasteiger partial charge on any atom is -0.376 e. The van der Waals surface area contributed by atoms with Gasteiger partial charge in [-0.25, -0.2) is 4.79 Å². The van der Waals surface area contributed by atoms with Crippen molar-refractivity contribution < 1.29 is 22.8 Å². The van der Waals surface area contributed by atoms with E-state index in [-0.39, 0.29) is 11.3 Å². The molecule has 1 N–H and O–H groups in total. The fourth-order valence-electron chi connectivity index (χ4n) is 3.73. The molecule has 9 heteroatoms. The van der Waals surface area contributed by atoms with E-state index in [1.807, 2.05) is 0 Å². The van der Waals surface area contributed by atoms with Crippen molar-refractivity contribution >= 4 is 11.7 Å². The number of carbonyl (C=O) groups excluding carboxylic acids is 1. The highest BCUT2D eigenvalue weighted by atomic mass is 19.4. The van der Waals surface area contributed by atoms with Gasteiger partial charge in [0.05, 0.1) is 23.0 Å². The van der Waals surface area contributed by atoms with Crippen molar-refractivity contribution in [3.05, 3.63) is 82.9 Å². The molecule has 1 unspecified atom stereocenters. The number of aromatic nitrogens is 2. The number of amides is 2. The summed E-state index contributed by atoms with van der Waals surface area (Å²) in [5.41, 5.74) is 3.78. The van der Waals surface area contributed by atoms with E-state index in [9.17, 15) is 18.0 Å². The van der Waals surface area contributed by atoms with Crippen LogP contribution in [0.1, 0.15) is 34.0 Å². The predicted octanol–water partition coefficient (Wildman–Crippen LogP) is 4.92. The van der Waals surface area contributed by atoms with Crippen LogP contribution >= 0.6 is 0 Å². The molecule has 0 radical (unpaired) electrons. The fourth-order valence-corrected chi connectivity index (χ4v) is 3.73. The molecular formula is C22H19F3N4O2. The molecule has 1 aliphatic heterocycles. The Balaban J connectivity index is 1.71. The average Bonchev–Trinajstić information content (AvgIpc) is 3.10. The highest BCUT2D eigenvalue weighted by Crippen LogP contribution is 2.44. The topological polar surface area (TPSA) is 67.4 Å². The number of urea groups is 1. The third-order valence-corrected chi connectivity index (χ3v) is 5.21. The van der Waals surface area contributed by atoms with Gasteiger partial charge in [-0.1, -0.05) is 12.1 Å². The van der Waals surface area contributed by atoms with E-state index in [1.54, 1.807) is 49.8 Å². The van der Waals surface area contributed by atoms with Gasteiger partial charge in [0, 0.05) is 18.6 Å². The third-order valence-electron chi connectivity index (χ3n) is 5.21. The van der Waals surface area contributed by atoms with E-state index in [0.29, 0.717) is 29.0 Å². The number of hydrogen-bond donors (Lipinski definition) is 1. The number of hydroxylamine groups is 1. The zero-order valence-corrected chi connectivity index (χ0v) is 16.8. The van der Waals surface area contributed by atoms with Crippen LogP contribution in [0.4, 0.5) is 23.7 Å². The van der Waals surface area contributed by atoms with Crippen molar-refractivity contribution in [2.24, 2.45) is 0 Å². The van der Waals surface area contributed by atoms with Crippen molar-refractivity contribution in [1.82, 2.24) is 15.4 Å². The number of anilines is 1. The van der Waals surface area contributed by atoms with Crippen LogP contribution in [0.15, 0.2) is 55.0 Å². The first-order chi connectivity index (χ1) is 14.8. The second-order valence-corrected chi connectivity index (χ2v) is 7.27. The summed E-state index contributed by atoms with van der Waals surface area (Å²) < 4.78 is 40.6. The monoisotopic (exact) mass is 428 g/mol. The van der Waals surface area contributed by atoms with Gasteiger partial charge in [0.25, 0.3) is 0 Å². The molecule has 3 heterocycles. The molecule has 0 saturated carbocycles. The average molecular weight is 428 g/mol. The second-order valence-electron chi connectivity index (χ2n) is 7.27. The lowest BCUT2D eigenvalue weighted by Gasteiger charge is -2.26. The Morgan fingerprint density at radius 2 is 1.97 bits per heavy atom. The maximum atomic E-state index is 13.5. The van der Waals surface area contributed by atoms with Gasteiger partial charge in [0.1, 0.15) is 0 Å². The standard InChI is InChI=1S/C22H19F3N4O2/c1-13-9-16-10-18(15-5-3-7-26-12-15)29(19(16)11-17(13)22(23,24)25)21(30)28-31-20-6-4-8-27-14(20)2/h3-9,11-12,18H,10H2,1-2H3,(H,28,30). The van der Waals surface area contributed by atoms with Gasteiger partial charge in [-0.2, -0.15) is 18.7 Å². The third kappa shape index (κ3) is 4.03. The van der Waals surface area contributed by atoms with Crippen LogP contribution in [0.5, 0.6) is 5.75 Å². The lowest BCUT2D eigenvalue weighted by atomic mass is 10.0. The van der Waals surface area contributed by atoms with Gasteiger partial charge >= 0.3 is 12.2 Å². The molecule has 1 aliphatic rings. The molecule has 1 atom stereocenters. The number of aryl methyl sites for hydroxylation is 2. The van der Waals surface area contributed by atoms with E-state index >= 15 is 0 Å². The van der Waals surface area contributed by atoms with Crippen LogP contribution in [0, 0.1) is 13.8 Å². The van der Waals surface area contributed by atoms with E-state index in [1.165, 1.54) is 17.9 Å². The van der Waals surface area contributed by atoms with Gasteiger partial charge in [-0.3, -0.25) is 14.9 Å². The zero-order chi connectivity index (χ0) is 22.2. The minimum absolute atomic E-state index is 0.112. The highest BCUT2D eigenvalue weighted by molar-refractivity contribution is 5.95. The molecule has 1 aromatic carbocycles. The largest absolute Gasteiger partial charge is 0.416 e. The SMILES string of the molecule is Cc1cc2c(cc1C(F)(F)F)N(C(=O)NOc1cccnc1C)C(c1cccnc1)C2. The van der Waals surface area contributed by atoms with Gasteiger partial charge < -0.3 is 4.84 Å². The number of fused-ring (bicyclic) bond motifs is 1. The van der Waals surface area contributed by atoms with E-state index in [0.717, 1.165) is 6.07 Å². The summed E-state index contributed by atoms with van der Waals surface area (Å²) in [4.78, 5) is 27.9. The summed E-state index contributed by atoms with van der Waals surface area (Å²) in [7, 11) is 0. The van der Waals surface area contributed by atoms with Crippen LogP contribution in [-0.4, -0.2) is 16.0 Å². The molecule has 31 heavy (non-hydrogen) atoms. The lowest BCUT2D eigenvalue weighted by molar-refractivity contribution is -0.138. The van der Waals surface area contributed by atoms with Gasteiger partial charge in [0.2, 0.25) is 0 Å². The highest BCUT2D eigenvalue weighted by Gasteiger charge is 2.40. The first-order valence-electron chi connectivity index (χ1n) is 9.54. The quantitative estimate of drug-likeness (QED) is 0.602. The van der Waals surface area contributed by atoms with Crippen LogP contribution in [0.25, 0.3) is 0 Å². The molecule has 3 aromatic rings. The van der Waals surface area contributed by atoms with Gasteiger partial charge in [0.15, 0.2) is 5.75 Å². The normalized spacial score (nSPS) is 15.5. The molecule has 0 bridgehead atoms. The summed E-state index contributed by atoms with van der Waals surface area (Å²) in [6.07, 6.45) is 0.604. The number of rotatable bonds is 3. The Morgan fingerprint density at radius 1 is 1.19 bits per heavy atom. The first kappa shape index (κ1) is 20.6. The Labute approximate surface area is 176 Å². The van der Waals surface area contributed by atoms with Crippen LogP contribution in [0.3, 0.4) is 0 Å². The molecule has 4 rings (SSSR count). The van der Waals surface area contributed by atoms with Crippen LogP contribution < -0.4 is 15.2 Å². The lowest BCUT2D eigenvalue weighted by Crippen LogP contribution is -2.42. The Bertz CT molecular complexity index is 1120. The smallest absolute Gasteiger partial charge is 0.376 e. The van der Waals surface area contributed by atoms with E-state index in [2.05, 4.69) is 15.4 Å². The number of pyridine rings is 2. The summed E-state index contributed by atoms with van der Waals surface area (Å²) in [6, 6.07) is 8.08. The molecule has 0 spiro atoms. The van der Waals surface area contributed by atoms with Crippen LogP contribution in [-0.2, 0) is 12.6 Å². The predicted molar refractivity (Wildman–Crippen MR) is 107 cm³/mol. The minimum atomic E-state index is -4.53. The molecule has 0 fully saturated rings. The molecule has 6 nitrogen and oxygen atoms in total. The van der Waals surface area contributed by atoms with Gasteiger partial charge in [-0.05, 0) is 61.2 Å². The summed E-state index contributed by atoms with van der Waals surface area (Å²) >= 11 is 0. The van der Waals surface area contributed by atoms with Crippen molar-refractivity contribution in [3.8, 4) is 5.75 Å². The maximum absolute atomic E-state index is 13.5. The number of benzene rings is 1. The molecule has 0 aliphatic carbocycles. The Hall–Kier alpha value is -3.62. The molecule has 2 aromatic heterocycles. The van der Waals surface area contributed by atoms with Crippen molar-refractivity contribution in [2.75, 3.05) is 4.90 Å². The Kier molecular flexibility index (Phi) is 5.26. The number of carbonyl (C=O) groups is 1. The van der Waals surface area contributed by atoms with Crippen molar-refractivity contribution in [1.29, 1.82) is 0 Å². The van der Waals surface area contributed by atoms with Crippen molar-refractivity contribution in [3.63, 3.8) is 0 Å². The van der Waals surface area contributed by atoms with Crippen molar-refractivity contribution in [2.45, 2.75) is 32.5 Å².